The SMILES string of the molecule is CCOC(=O)c1[nH]c2ccc(OC)cc2c1C(C)C. The van der Waals surface area contributed by atoms with Gasteiger partial charge in [0, 0.05) is 10.9 Å². The standard InChI is InChI=1S/C15H19NO3/c1-5-19-15(17)14-13(9(2)3)11-8-10(18-4)6-7-12(11)16-14/h6-9,16H,5H2,1-4H3. The lowest BCUT2D eigenvalue weighted by Crippen LogP contribution is -2.08. The number of H-pyrrole nitrogens is 1. The first-order valence-electron chi connectivity index (χ1n) is 6.45. The Bertz CT molecular complexity index is 599. The summed E-state index contributed by atoms with van der Waals surface area (Å²) >= 11 is 0. The normalized spacial score (nSPS) is 11.0. The molecule has 0 saturated carbocycles. The van der Waals surface area contributed by atoms with Gasteiger partial charge in [0.2, 0.25) is 0 Å². The van der Waals surface area contributed by atoms with Crippen LogP contribution >= 0.6 is 0 Å². The van der Waals surface area contributed by atoms with Gasteiger partial charge in [-0.2, -0.15) is 0 Å². The van der Waals surface area contributed by atoms with Crippen LogP contribution in [0.4, 0.5) is 0 Å². The van der Waals surface area contributed by atoms with Gasteiger partial charge < -0.3 is 14.5 Å². The predicted molar refractivity (Wildman–Crippen MR) is 74.9 cm³/mol. The van der Waals surface area contributed by atoms with E-state index in [0.29, 0.717) is 12.3 Å². The Morgan fingerprint density at radius 1 is 1.37 bits per heavy atom. The molecule has 0 spiro atoms. The summed E-state index contributed by atoms with van der Waals surface area (Å²) < 4.78 is 10.3. The smallest absolute Gasteiger partial charge is 0.355 e. The van der Waals surface area contributed by atoms with Gasteiger partial charge in [-0.1, -0.05) is 13.8 Å². The van der Waals surface area contributed by atoms with Gasteiger partial charge in [0.15, 0.2) is 0 Å². The fourth-order valence-electron chi connectivity index (χ4n) is 2.28. The van der Waals surface area contributed by atoms with Crippen molar-refractivity contribution in [2.24, 2.45) is 0 Å². The van der Waals surface area contributed by atoms with E-state index >= 15 is 0 Å². The van der Waals surface area contributed by atoms with Crippen LogP contribution in [0.25, 0.3) is 10.9 Å². The lowest BCUT2D eigenvalue weighted by atomic mass is 9.99. The molecule has 0 atom stereocenters. The maximum absolute atomic E-state index is 12.0. The zero-order valence-corrected chi connectivity index (χ0v) is 11.7. The third-order valence-electron chi connectivity index (χ3n) is 3.10. The molecule has 0 aliphatic carbocycles. The Morgan fingerprint density at radius 3 is 2.68 bits per heavy atom. The van der Waals surface area contributed by atoms with E-state index in [2.05, 4.69) is 18.8 Å². The molecule has 2 aromatic rings. The highest BCUT2D eigenvalue weighted by Gasteiger charge is 2.21. The average molecular weight is 261 g/mol. The summed E-state index contributed by atoms with van der Waals surface area (Å²) in [6.45, 7) is 6.29. The Balaban J connectivity index is 2.64. The molecule has 102 valence electrons. The maximum atomic E-state index is 12.0. The molecule has 0 unspecified atom stereocenters. The van der Waals surface area contributed by atoms with Crippen LogP contribution in [-0.4, -0.2) is 24.7 Å². The third-order valence-corrected chi connectivity index (χ3v) is 3.10. The quantitative estimate of drug-likeness (QED) is 0.857. The van der Waals surface area contributed by atoms with Gasteiger partial charge in [-0.3, -0.25) is 0 Å². The maximum Gasteiger partial charge on any atom is 0.355 e. The van der Waals surface area contributed by atoms with Crippen molar-refractivity contribution < 1.29 is 14.3 Å². The van der Waals surface area contributed by atoms with Gasteiger partial charge in [-0.05, 0) is 36.6 Å². The lowest BCUT2D eigenvalue weighted by molar-refractivity contribution is 0.0519. The van der Waals surface area contributed by atoms with Crippen LogP contribution in [0.15, 0.2) is 18.2 Å². The number of ether oxygens (including phenoxy) is 2. The van der Waals surface area contributed by atoms with Crippen molar-refractivity contribution in [1.29, 1.82) is 0 Å². The summed E-state index contributed by atoms with van der Waals surface area (Å²) in [6, 6.07) is 5.74. The summed E-state index contributed by atoms with van der Waals surface area (Å²) in [7, 11) is 1.63. The molecule has 1 heterocycles. The van der Waals surface area contributed by atoms with E-state index < -0.39 is 0 Å². The van der Waals surface area contributed by atoms with Crippen molar-refractivity contribution in [2.75, 3.05) is 13.7 Å². The summed E-state index contributed by atoms with van der Waals surface area (Å²) in [5.41, 5.74) is 2.44. The van der Waals surface area contributed by atoms with Crippen molar-refractivity contribution >= 4 is 16.9 Å². The fourth-order valence-corrected chi connectivity index (χ4v) is 2.28. The molecule has 2 rings (SSSR count). The Hall–Kier alpha value is -1.97. The molecule has 0 aliphatic heterocycles. The van der Waals surface area contributed by atoms with Gasteiger partial charge in [0.05, 0.1) is 13.7 Å². The number of hydrogen-bond acceptors (Lipinski definition) is 3. The number of esters is 1. The number of aromatic nitrogens is 1. The average Bonchev–Trinajstić information content (AvgIpc) is 2.77. The monoisotopic (exact) mass is 261 g/mol. The number of carbonyl (C=O) groups is 1. The van der Waals surface area contributed by atoms with Crippen molar-refractivity contribution in [3.05, 3.63) is 29.5 Å². The summed E-state index contributed by atoms with van der Waals surface area (Å²) in [5.74, 6) is 0.699. The zero-order valence-electron chi connectivity index (χ0n) is 11.7. The number of rotatable bonds is 4. The van der Waals surface area contributed by atoms with Crippen LogP contribution in [0.3, 0.4) is 0 Å². The lowest BCUT2D eigenvalue weighted by Gasteiger charge is -2.08. The van der Waals surface area contributed by atoms with Gasteiger partial charge in [-0.25, -0.2) is 4.79 Å². The minimum absolute atomic E-state index is 0.222. The molecule has 4 nitrogen and oxygen atoms in total. The first-order chi connectivity index (χ1) is 9.08. The number of aromatic amines is 1. The minimum atomic E-state index is -0.304. The fraction of sp³-hybridized carbons (Fsp3) is 0.400. The molecule has 0 bridgehead atoms. The largest absolute Gasteiger partial charge is 0.497 e. The third kappa shape index (κ3) is 2.43. The number of nitrogens with one attached hydrogen (secondary N) is 1. The van der Waals surface area contributed by atoms with Crippen molar-refractivity contribution in [2.45, 2.75) is 26.7 Å². The number of carbonyl (C=O) groups excluding carboxylic acids is 1. The van der Waals surface area contributed by atoms with E-state index in [1.165, 1.54) is 0 Å². The zero-order chi connectivity index (χ0) is 14.0. The van der Waals surface area contributed by atoms with Crippen molar-refractivity contribution in [3.8, 4) is 5.75 Å². The van der Waals surface area contributed by atoms with Crippen molar-refractivity contribution in [3.63, 3.8) is 0 Å². The topological polar surface area (TPSA) is 51.3 Å². The van der Waals surface area contributed by atoms with E-state index in [4.69, 9.17) is 9.47 Å². The Morgan fingerprint density at radius 2 is 2.11 bits per heavy atom. The Kier molecular flexibility index (Phi) is 3.79. The highest BCUT2D eigenvalue weighted by atomic mass is 16.5. The molecule has 0 aliphatic rings. The first-order valence-corrected chi connectivity index (χ1v) is 6.45. The van der Waals surface area contributed by atoms with Crippen LogP contribution in [0.2, 0.25) is 0 Å². The molecule has 1 aromatic heterocycles. The predicted octanol–water partition coefficient (Wildman–Crippen LogP) is 3.48. The van der Waals surface area contributed by atoms with Crippen LogP contribution in [0.1, 0.15) is 42.7 Å². The van der Waals surface area contributed by atoms with Gasteiger partial charge in [-0.15, -0.1) is 0 Å². The second kappa shape index (κ2) is 5.34. The van der Waals surface area contributed by atoms with E-state index in [1.807, 2.05) is 18.2 Å². The molecule has 4 heteroatoms. The summed E-state index contributed by atoms with van der Waals surface area (Å²) in [5, 5.41) is 1.01. The molecule has 0 saturated heterocycles. The second-order valence-corrected chi connectivity index (χ2v) is 4.70. The second-order valence-electron chi connectivity index (χ2n) is 4.70. The van der Waals surface area contributed by atoms with E-state index in [9.17, 15) is 4.79 Å². The molecule has 1 aromatic carbocycles. The molecular formula is C15H19NO3. The van der Waals surface area contributed by atoms with Gasteiger partial charge >= 0.3 is 5.97 Å². The van der Waals surface area contributed by atoms with E-state index in [1.54, 1.807) is 14.0 Å². The molecular weight excluding hydrogens is 242 g/mol. The van der Waals surface area contributed by atoms with E-state index in [-0.39, 0.29) is 11.9 Å². The van der Waals surface area contributed by atoms with Gasteiger partial charge in [0.1, 0.15) is 11.4 Å². The highest BCUT2D eigenvalue weighted by molar-refractivity contribution is 5.99. The summed E-state index contributed by atoms with van der Waals surface area (Å²) in [4.78, 5) is 15.2. The highest BCUT2D eigenvalue weighted by Crippen LogP contribution is 2.32. The van der Waals surface area contributed by atoms with Crippen molar-refractivity contribution in [1.82, 2.24) is 4.98 Å². The molecule has 1 N–H and O–H groups in total. The number of methoxy groups -OCH3 is 1. The molecule has 0 fully saturated rings. The van der Waals surface area contributed by atoms with Crippen LogP contribution < -0.4 is 4.74 Å². The van der Waals surface area contributed by atoms with Crippen LogP contribution in [0.5, 0.6) is 5.75 Å². The van der Waals surface area contributed by atoms with Gasteiger partial charge in [0.25, 0.3) is 0 Å². The summed E-state index contributed by atoms with van der Waals surface area (Å²) in [6.07, 6.45) is 0. The molecule has 0 radical (unpaired) electrons. The van der Waals surface area contributed by atoms with E-state index in [0.717, 1.165) is 22.2 Å². The number of hydrogen-bond donors (Lipinski definition) is 1. The van der Waals surface area contributed by atoms with Crippen LogP contribution in [-0.2, 0) is 4.74 Å². The van der Waals surface area contributed by atoms with Crippen LogP contribution in [0, 0.1) is 0 Å². The Labute approximate surface area is 112 Å². The number of benzene rings is 1. The molecule has 0 amide bonds. The first kappa shape index (κ1) is 13.5. The minimum Gasteiger partial charge on any atom is -0.497 e. The number of fused-ring (bicyclic) bond motifs is 1. The molecule has 19 heavy (non-hydrogen) atoms.